The van der Waals surface area contributed by atoms with Gasteiger partial charge in [0.15, 0.2) is 5.76 Å². The number of ether oxygens (including phenoxy) is 1. The molecule has 0 aliphatic carbocycles. The first-order valence-corrected chi connectivity index (χ1v) is 6.13. The summed E-state index contributed by atoms with van der Waals surface area (Å²) in [4.78, 5) is 11.7. The Morgan fingerprint density at radius 3 is 2.53 bits per heavy atom. The summed E-state index contributed by atoms with van der Waals surface area (Å²) >= 11 is 3.33. The highest BCUT2D eigenvalue weighted by atomic mass is 79.9. The van der Waals surface area contributed by atoms with Crippen LogP contribution in [0.5, 0.6) is 0 Å². The van der Waals surface area contributed by atoms with Gasteiger partial charge in [0.25, 0.3) is 0 Å². The fourth-order valence-corrected chi connectivity index (χ4v) is 2.31. The number of esters is 1. The average molecular weight is 297 g/mol. The number of aliphatic hydroxyl groups is 1. The molecule has 0 radical (unpaired) electrons. The Morgan fingerprint density at radius 2 is 1.94 bits per heavy atom. The van der Waals surface area contributed by atoms with Crippen LogP contribution in [0.1, 0.15) is 19.4 Å². The average Bonchev–Trinajstić information content (AvgIpc) is 2.33. The Morgan fingerprint density at radius 1 is 1.35 bits per heavy atom. The van der Waals surface area contributed by atoms with E-state index in [-0.39, 0.29) is 0 Å². The van der Waals surface area contributed by atoms with E-state index in [2.05, 4.69) is 15.9 Å². The molecule has 1 aliphatic heterocycles. The van der Waals surface area contributed by atoms with Crippen LogP contribution in [0.4, 0.5) is 0 Å². The highest BCUT2D eigenvalue weighted by molar-refractivity contribution is 9.12. The van der Waals surface area contributed by atoms with Gasteiger partial charge in [0.05, 0.1) is 10.4 Å². The minimum absolute atomic E-state index is 0.388. The van der Waals surface area contributed by atoms with Crippen molar-refractivity contribution in [3.63, 3.8) is 0 Å². The van der Waals surface area contributed by atoms with Gasteiger partial charge in [-0.05, 0) is 29.8 Å². The molecule has 0 saturated carbocycles. The SMILES string of the molecule is CC1C(=O)OC(c2ccccc2)=C(Br)C1(C)O. The highest BCUT2D eigenvalue weighted by Gasteiger charge is 2.44. The van der Waals surface area contributed by atoms with E-state index in [0.29, 0.717) is 10.2 Å². The molecule has 4 heteroatoms. The van der Waals surface area contributed by atoms with E-state index in [1.807, 2.05) is 30.3 Å². The number of rotatable bonds is 1. The number of carbonyl (C=O) groups excluding carboxylic acids is 1. The third kappa shape index (κ3) is 2.03. The van der Waals surface area contributed by atoms with Crippen molar-refractivity contribution in [3.8, 4) is 0 Å². The van der Waals surface area contributed by atoms with Crippen LogP contribution < -0.4 is 0 Å². The molecule has 1 aliphatic rings. The van der Waals surface area contributed by atoms with E-state index < -0.39 is 17.5 Å². The lowest BCUT2D eigenvalue weighted by molar-refractivity contribution is -0.149. The largest absolute Gasteiger partial charge is 0.425 e. The molecule has 90 valence electrons. The molecule has 3 nitrogen and oxygen atoms in total. The van der Waals surface area contributed by atoms with Gasteiger partial charge < -0.3 is 9.84 Å². The molecule has 17 heavy (non-hydrogen) atoms. The molecule has 2 atom stereocenters. The summed E-state index contributed by atoms with van der Waals surface area (Å²) in [6, 6.07) is 9.24. The minimum Gasteiger partial charge on any atom is -0.425 e. The number of halogens is 1. The third-order valence-corrected chi connectivity index (χ3v) is 4.24. The molecule has 0 saturated heterocycles. The van der Waals surface area contributed by atoms with E-state index in [1.165, 1.54) is 0 Å². The minimum atomic E-state index is -1.24. The second kappa shape index (κ2) is 4.27. The zero-order chi connectivity index (χ0) is 12.6. The molecule has 0 amide bonds. The zero-order valence-electron chi connectivity index (χ0n) is 9.61. The van der Waals surface area contributed by atoms with Crippen molar-refractivity contribution in [2.24, 2.45) is 5.92 Å². The predicted octanol–water partition coefficient (Wildman–Crippen LogP) is 2.69. The Labute approximate surface area is 108 Å². The second-order valence-electron chi connectivity index (χ2n) is 4.30. The molecule has 0 bridgehead atoms. The lowest BCUT2D eigenvalue weighted by atomic mass is 9.87. The molecule has 1 aromatic rings. The number of benzene rings is 1. The fourth-order valence-electron chi connectivity index (χ4n) is 1.66. The molecule has 1 N–H and O–H groups in total. The smallest absolute Gasteiger partial charge is 0.317 e. The van der Waals surface area contributed by atoms with Gasteiger partial charge in [0.2, 0.25) is 0 Å². The Bertz CT molecular complexity index is 477. The van der Waals surface area contributed by atoms with Crippen molar-refractivity contribution in [3.05, 3.63) is 40.4 Å². The van der Waals surface area contributed by atoms with E-state index in [1.54, 1.807) is 13.8 Å². The van der Waals surface area contributed by atoms with E-state index in [9.17, 15) is 9.90 Å². The molecule has 0 spiro atoms. The summed E-state index contributed by atoms with van der Waals surface area (Å²) in [6.07, 6.45) is 0. The highest BCUT2D eigenvalue weighted by Crippen LogP contribution is 2.41. The van der Waals surface area contributed by atoms with Crippen LogP contribution in [-0.2, 0) is 9.53 Å². The molecule has 2 rings (SSSR count). The maximum absolute atomic E-state index is 11.7. The Hall–Kier alpha value is -1.13. The van der Waals surface area contributed by atoms with Crippen LogP contribution in [0.3, 0.4) is 0 Å². The van der Waals surface area contributed by atoms with Crippen molar-refractivity contribution in [1.29, 1.82) is 0 Å². The summed E-state index contributed by atoms with van der Waals surface area (Å²) in [5.41, 5.74) is -0.472. The first-order valence-electron chi connectivity index (χ1n) is 5.34. The van der Waals surface area contributed by atoms with Crippen LogP contribution >= 0.6 is 15.9 Å². The number of hydrogen-bond donors (Lipinski definition) is 1. The molecular formula is C13H13BrO3. The number of cyclic esters (lactones) is 1. The summed E-state index contributed by atoms with van der Waals surface area (Å²) in [6.45, 7) is 3.25. The Balaban J connectivity index is 2.54. The van der Waals surface area contributed by atoms with Crippen LogP contribution in [0.2, 0.25) is 0 Å². The summed E-state index contributed by atoms with van der Waals surface area (Å²) in [5, 5.41) is 10.3. The number of carbonyl (C=O) groups is 1. The van der Waals surface area contributed by atoms with Crippen molar-refractivity contribution in [2.75, 3.05) is 0 Å². The van der Waals surface area contributed by atoms with Gasteiger partial charge in [-0.2, -0.15) is 0 Å². The second-order valence-corrected chi connectivity index (χ2v) is 5.09. The van der Waals surface area contributed by atoms with Crippen LogP contribution in [0, 0.1) is 5.92 Å². The van der Waals surface area contributed by atoms with Crippen molar-refractivity contribution >= 4 is 27.7 Å². The topological polar surface area (TPSA) is 46.5 Å². The summed E-state index contributed by atoms with van der Waals surface area (Å²) in [5.74, 6) is -0.625. The van der Waals surface area contributed by atoms with Crippen molar-refractivity contribution < 1.29 is 14.6 Å². The maximum Gasteiger partial charge on any atom is 0.317 e. The van der Waals surface area contributed by atoms with Crippen molar-refractivity contribution in [1.82, 2.24) is 0 Å². The zero-order valence-corrected chi connectivity index (χ0v) is 11.2. The van der Waals surface area contributed by atoms with Crippen LogP contribution in [0.15, 0.2) is 34.8 Å². The van der Waals surface area contributed by atoms with E-state index in [4.69, 9.17) is 4.74 Å². The predicted molar refractivity (Wildman–Crippen MR) is 68.2 cm³/mol. The van der Waals surface area contributed by atoms with E-state index in [0.717, 1.165) is 5.56 Å². The standard InChI is InChI=1S/C13H13BrO3/c1-8-12(15)17-10(11(14)13(8,2)16)9-6-4-3-5-7-9/h3-8,16H,1-2H3. The molecular weight excluding hydrogens is 284 g/mol. The van der Waals surface area contributed by atoms with Gasteiger partial charge in [-0.3, -0.25) is 4.79 Å². The van der Waals surface area contributed by atoms with Gasteiger partial charge in [-0.15, -0.1) is 0 Å². The molecule has 2 unspecified atom stereocenters. The lowest BCUT2D eigenvalue weighted by Gasteiger charge is -2.34. The first-order chi connectivity index (χ1) is 7.94. The van der Waals surface area contributed by atoms with Crippen LogP contribution in [-0.4, -0.2) is 16.7 Å². The molecule has 0 fully saturated rings. The summed E-state index contributed by atoms with van der Waals surface area (Å²) in [7, 11) is 0. The Kier molecular flexibility index (Phi) is 3.10. The van der Waals surface area contributed by atoms with E-state index >= 15 is 0 Å². The molecule has 0 aromatic heterocycles. The quantitative estimate of drug-likeness (QED) is 0.811. The van der Waals surface area contributed by atoms with Crippen LogP contribution in [0.25, 0.3) is 5.76 Å². The van der Waals surface area contributed by atoms with Gasteiger partial charge in [0.1, 0.15) is 5.60 Å². The van der Waals surface area contributed by atoms with Gasteiger partial charge in [-0.1, -0.05) is 30.3 Å². The van der Waals surface area contributed by atoms with Crippen molar-refractivity contribution in [2.45, 2.75) is 19.4 Å². The normalized spacial score (nSPS) is 29.2. The number of hydrogen-bond acceptors (Lipinski definition) is 3. The summed E-state index contributed by atoms with van der Waals surface area (Å²) < 4.78 is 5.77. The fraction of sp³-hybridized carbons (Fsp3) is 0.308. The van der Waals surface area contributed by atoms with Gasteiger partial charge >= 0.3 is 5.97 Å². The molecule has 1 heterocycles. The molecule has 1 aromatic carbocycles. The maximum atomic E-state index is 11.7. The monoisotopic (exact) mass is 296 g/mol. The van der Waals surface area contributed by atoms with Gasteiger partial charge in [0, 0.05) is 5.56 Å². The lowest BCUT2D eigenvalue weighted by Crippen LogP contribution is -2.42. The first kappa shape index (κ1) is 12.3. The van der Waals surface area contributed by atoms with Gasteiger partial charge in [-0.25, -0.2) is 0 Å². The third-order valence-electron chi connectivity index (χ3n) is 3.08.